The van der Waals surface area contributed by atoms with Crippen molar-refractivity contribution in [2.75, 3.05) is 37.6 Å². The van der Waals surface area contributed by atoms with Crippen LogP contribution >= 0.6 is 24.0 Å². The van der Waals surface area contributed by atoms with Gasteiger partial charge in [-0.05, 0) is 56.2 Å². The Balaban J connectivity index is 0.00000544. The van der Waals surface area contributed by atoms with E-state index >= 15 is 0 Å². The number of carbonyl (C=O) groups excluding carboxylic acids is 2. The summed E-state index contributed by atoms with van der Waals surface area (Å²) in [4.78, 5) is 29.7. The number of amides is 2. The van der Waals surface area contributed by atoms with Gasteiger partial charge in [-0.2, -0.15) is 0 Å². The first kappa shape index (κ1) is 28.2. The molecular weight excluding hydrogens is 531 g/mol. The van der Waals surface area contributed by atoms with Crippen molar-refractivity contribution >= 4 is 47.4 Å². The van der Waals surface area contributed by atoms with E-state index in [9.17, 15) is 9.59 Å². The number of nitrogens with one attached hydrogen (secondary N) is 3. The van der Waals surface area contributed by atoms with Crippen molar-refractivity contribution < 1.29 is 9.59 Å². The predicted molar refractivity (Wildman–Crippen MR) is 145 cm³/mol. The number of anilines is 1. The number of nitrogens with zero attached hydrogens (tertiary/aromatic N) is 2. The third-order valence-corrected chi connectivity index (χ3v) is 4.83. The van der Waals surface area contributed by atoms with E-state index in [0.717, 1.165) is 37.7 Å². The van der Waals surface area contributed by atoms with E-state index in [4.69, 9.17) is 5.73 Å². The topological polar surface area (TPSA) is 112 Å². The van der Waals surface area contributed by atoms with E-state index in [-0.39, 0.29) is 36.4 Å². The zero-order chi connectivity index (χ0) is 23.3. The lowest BCUT2D eigenvalue weighted by Crippen LogP contribution is -2.41. The number of halogens is 1. The molecule has 2 amide bonds. The number of likely N-dealkylation sites (N-methyl/N-ethyl adjacent to an activating group) is 1. The van der Waals surface area contributed by atoms with E-state index in [2.05, 4.69) is 64.0 Å². The molecule has 0 saturated heterocycles. The van der Waals surface area contributed by atoms with Crippen molar-refractivity contribution in [1.29, 1.82) is 0 Å². The minimum absolute atomic E-state index is 0. The first-order chi connectivity index (χ1) is 15.4. The number of hydrogen-bond acceptors (Lipinski definition) is 4. The molecule has 0 spiro atoms. The zero-order valence-corrected chi connectivity index (χ0v) is 21.9. The second-order valence-electron chi connectivity index (χ2n) is 7.39. The standard InChI is InChI=1S/C24H34N6O2.HI/c1-4-26-24(27-13-14-30(5-2)21-8-6-7-18(3)15-21)29-16-19-9-11-20(12-10-19)23(32)28-17-22(25)31;/h6-12,15H,4-5,13-14,16-17H2,1-3H3,(H2,25,31)(H,28,32)(H2,26,27,29);1H. The Kier molecular flexibility index (Phi) is 12.9. The Hall–Kier alpha value is -2.82. The lowest BCUT2D eigenvalue weighted by atomic mass is 10.1. The van der Waals surface area contributed by atoms with Crippen LogP contribution in [0.4, 0.5) is 5.69 Å². The van der Waals surface area contributed by atoms with Crippen LogP contribution in [0.3, 0.4) is 0 Å². The summed E-state index contributed by atoms with van der Waals surface area (Å²) in [6, 6.07) is 15.6. The summed E-state index contributed by atoms with van der Waals surface area (Å²) >= 11 is 0. The molecule has 0 heterocycles. The van der Waals surface area contributed by atoms with Crippen LogP contribution in [-0.2, 0) is 11.3 Å². The van der Waals surface area contributed by atoms with Crippen LogP contribution < -0.4 is 26.6 Å². The number of hydrogen-bond donors (Lipinski definition) is 4. The number of rotatable bonds is 11. The highest BCUT2D eigenvalue weighted by Gasteiger charge is 2.07. The van der Waals surface area contributed by atoms with Gasteiger partial charge < -0.3 is 26.6 Å². The largest absolute Gasteiger partial charge is 0.370 e. The third kappa shape index (κ3) is 10.1. The number of benzene rings is 2. The van der Waals surface area contributed by atoms with Crippen LogP contribution in [0.25, 0.3) is 0 Å². The molecule has 0 aliphatic carbocycles. The maximum absolute atomic E-state index is 12.0. The number of primary amides is 1. The summed E-state index contributed by atoms with van der Waals surface area (Å²) in [6.45, 7) is 9.90. The molecule has 2 aromatic rings. The molecule has 2 aromatic carbocycles. The predicted octanol–water partition coefficient (Wildman–Crippen LogP) is 2.41. The summed E-state index contributed by atoms with van der Waals surface area (Å²) in [7, 11) is 0. The molecule has 0 atom stereocenters. The van der Waals surface area contributed by atoms with Gasteiger partial charge >= 0.3 is 0 Å². The fourth-order valence-electron chi connectivity index (χ4n) is 3.15. The minimum atomic E-state index is -0.575. The lowest BCUT2D eigenvalue weighted by Gasteiger charge is -2.24. The fraction of sp³-hybridized carbons (Fsp3) is 0.375. The maximum Gasteiger partial charge on any atom is 0.251 e. The van der Waals surface area contributed by atoms with Gasteiger partial charge in [-0.3, -0.25) is 9.59 Å². The molecule has 2 rings (SSSR count). The van der Waals surface area contributed by atoms with E-state index in [1.807, 2.05) is 19.1 Å². The molecule has 8 nitrogen and oxygen atoms in total. The van der Waals surface area contributed by atoms with Crippen molar-refractivity contribution in [3.8, 4) is 0 Å². The number of aliphatic imine (C=N–C) groups is 1. The smallest absolute Gasteiger partial charge is 0.251 e. The van der Waals surface area contributed by atoms with E-state index in [0.29, 0.717) is 12.1 Å². The van der Waals surface area contributed by atoms with Gasteiger partial charge in [0.15, 0.2) is 5.96 Å². The summed E-state index contributed by atoms with van der Waals surface area (Å²) < 4.78 is 0. The lowest BCUT2D eigenvalue weighted by molar-refractivity contribution is -0.117. The van der Waals surface area contributed by atoms with Gasteiger partial charge in [0, 0.05) is 37.4 Å². The SMILES string of the molecule is CCNC(=NCc1ccc(C(=O)NCC(N)=O)cc1)NCCN(CC)c1cccc(C)c1.I. The van der Waals surface area contributed by atoms with Crippen molar-refractivity contribution in [3.05, 3.63) is 65.2 Å². The molecule has 180 valence electrons. The molecule has 0 aromatic heterocycles. The van der Waals surface area contributed by atoms with E-state index < -0.39 is 5.91 Å². The van der Waals surface area contributed by atoms with Gasteiger partial charge in [-0.1, -0.05) is 24.3 Å². The van der Waals surface area contributed by atoms with Crippen LogP contribution in [-0.4, -0.2) is 50.5 Å². The van der Waals surface area contributed by atoms with Gasteiger partial charge in [0.1, 0.15) is 0 Å². The Morgan fingerprint density at radius 3 is 2.36 bits per heavy atom. The van der Waals surface area contributed by atoms with Gasteiger partial charge in [0.2, 0.25) is 5.91 Å². The molecular formula is C24H35IN6O2. The molecule has 0 bridgehead atoms. The fourth-order valence-corrected chi connectivity index (χ4v) is 3.15. The molecule has 5 N–H and O–H groups in total. The summed E-state index contributed by atoms with van der Waals surface area (Å²) in [6.07, 6.45) is 0. The summed E-state index contributed by atoms with van der Waals surface area (Å²) in [5, 5.41) is 9.12. The third-order valence-electron chi connectivity index (χ3n) is 4.83. The zero-order valence-electron chi connectivity index (χ0n) is 19.6. The highest BCUT2D eigenvalue weighted by atomic mass is 127. The Bertz CT molecular complexity index is 917. The first-order valence-electron chi connectivity index (χ1n) is 10.9. The van der Waals surface area contributed by atoms with Crippen LogP contribution in [0, 0.1) is 6.92 Å². The Labute approximate surface area is 213 Å². The van der Waals surface area contributed by atoms with Crippen molar-refractivity contribution in [3.63, 3.8) is 0 Å². The van der Waals surface area contributed by atoms with Crippen LogP contribution in [0.5, 0.6) is 0 Å². The molecule has 0 fully saturated rings. The molecule has 0 aliphatic heterocycles. The molecule has 0 saturated carbocycles. The van der Waals surface area contributed by atoms with Crippen LogP contribution in [0.15, 0.2) is 53.5 Å². The monoisotopic (exact) mass is 566 g/mol. The number of aryl methyl sites for hydroxylation is 1. The number of nitrogens with two attached hydrogens (primary N) is 1. The molecule has 0 aliphatic rings. The molecule has 0 radical (unpaired) electrons. The van der Waals surface area contributed by atoms with Crippen molar-refractivity contribution in [2.24, 2.45) is 10.7 Å². The summed E-state index contributed by atoms with van der Waals surface area (Å²) in [5.41, 5.74) is 8.96. The second-order valence-corrected chi connectivity index (χ2v) is 7.39. The highest BCUT2D eigenvalue weighted by Crippen LogP contribution is 2.15. The number of carbonyl (C=O) groups is 2. The van der Waals surface area contributed by atoms with E-state index in [1.165, 1.54) is 11.3 Å². The Morgan fingerprint density at radius 2 is 1.76 bits per heavy atom. The first-order valence-corrected chi connectivity index (χ1v) is 10.9. The van der Waals surface area contributed by atoms with Gasteiger partial charge in [0.25, 0.3) is 5.91 Å². The quantitative estimate of drug-likeness (QED) is 0.190. The van der Waals surface area contributed by atoms with Gasteiger partial charge in [-0.25, -0.2) is 4.99 Å². The normalized spacial score (nSPS) is 10.7. The molecule has 9 heteroatoms. The van der Waals surface area contributed by atoms with Gasteiger partial charge in [0.05, 0.1) is 13.1 Å². The molecule has 33 heavy (non-hydrogen) atoms. The average molecular weight is 566 g/mol. The van der Waals surface area contributed by atoms with Crippen LogP contribution in [0.1, 0.15) is 35.3 Å². The van der Waals surface area contributed by atoms with E-state index in [1.54, 1.807) is 12.1 Å². The van der Waals surface area contributed by atoms with Crippen LogP contribution in [0.2, 0.25) is 0 Å². The minimum Gasteiger partial charge on any atom is -0.370 e. The van der Waals surface area contributed by atoms with Gasteiger partial charge in [-0.15, -0.1) is 24.0 Å². The average Bonchev–Trinajstić information content (AvgIpc) is 2.79. The second kappa shape index (κ2) is 15.1. The Morgan fingerprint density at radius 1 is 1.03 bits per heavy atom. The number of guanidine groups is 1. The molecule has 0 unspecified atom stereocenters. The summed E-state index contributed by atoms with van der Waals surface area (Å²) in [5.74, 6) is -0.160. The highest BCUT2D eigenvalue weighted by molar-refractivity contribution is 14.0. The maximum atomic E-state index is 12.0. The van der Waals surface area contributed by atoms with Crippen molar-refractivity contribution in [1.82, 2.24) is 16.0 Å². The van der Waals surface area contributed by atoms with Crippen molar-refractivity contribution in [2.45, 2.75) is 27.3 Å².